The molecule has 0 bridgehead atoms. The van der Waals surface area contributed by atoms with Crippen LogP contribution in [-0.4, -0.2) is 37.8 Å². The average molecular weight is 625 g/mol. The lowest BCUT2D eigenvalue weighted by molar-refractivity contribution is -0.274. The molecule has 13 heteroatoms. The van der Waals surface area contributed by atoms with E-state index in [0.717, 1.165) is 23.4 Å². The number of rotatable bonds is 8. The molecule has 2 aromatic heterocycles. The summed E-state index contributed by atoms with van der Waals surface area (Å²) >= 11 is 1.33. The molecule has 0 aliphatic rings. The van der Waals surface area contributed by atoms with E-state index < -0.39 is 24.6 Å². The van der Waals surface area contributed by atoms with Crippen molar-refractivity contribution in [2.24, 2.45) is 4.99 Å². The number of aryl methyl sites for hydroxylation is 2. The van der Waals surface area contributed by atoms with Gasteiger partial charge in [0.05, 0.1) is 17.4 Å². The Bertz CT molecular complexity index is 1810. The van der Waals surface area contributed by atoms with Gasteiger partial charge in [0.25, 0.3) is 0 Å². The lowest BCUT2D eigenvalue weighted by Gasteiger charge is -2.17. The fourth-order valence-electron chi connectivity index (χ4n) is 4.60. The van der Waals surface area contributed by atoms with E-state index in [9.17, 15) is 18.0 Å². The Hall–Kier alpha value is -4.78. The normalized spacial score (nSPS) is 13.5. The maximum Gasteiger partial charge on any atom is 0.573 e. The molecule has 0 fully saturated rings. The van der Waals surface area contributed by atoms with Crippen LogP contribution >= 0.6 is 11.3 Å². The van der Waals surface area contributed by atoms with Gasteiger partial charge in [0.1, 0.15) is 18.2 Å². The maximum atomic E-state index is 15.4. The Kier molecular flexibility index (Phi) is 8.95. The van der Waals surface area contributed by atoms with Crippen LogP contribution in [-0.2, 0) is 6.42 Å². The molecule has 0 radical (unpaired) electrons. The van der Waals surface area contributed by atoms with Crippen LogP contribution in [0.4, 0.5) is 22.4 Å². The molecule has 44 heavy (non-hydrogen) atoms. The van der Waals surface area contributed by atoms with E-state index in [-0.39, 0.29) is 5.75 Å². The number of ether oxygens (including phenoxy) is 1. The fraction of sp³-hybridized carbons (Fsp3) is 0.226. The summed E-state index contributed by atoms with van der Waals surface area (Å²) < 4.78 is 59.8. The van der Waals surface area contributed by atoms with Crippen LogP contribution in [0.25, 0.3) is 22.8 Å². The van der Waals surface area contributed by atoms with Crippen molar-refractivity contribution in [3.63, 3.8) is 0 Å². The van der Waals surface area contributed by atoms with E-state index in [2.05, 4.69) is 32.1 Å². The maximum absolute atomic E-state index is 15.4. The molecule has 0 saturated carbocycles. The predicted octanol–water partition coefficient (Wildman–Crippen LogP) is 7.27. The topological polar surface area (TPSA) is 86.3 Å². The number of benzene rings is 3. The van der Waals surface area contributed by atoms with E-state index in [0.29, 0.717) is 27.4 Å². The first kappa shape index (κ1) is 30.7. The summed E-state index contributed by atoms with van der Waals surface area (Å²) in [5.41, 5.74) is 4.43. The second kappa shape index (κ2) is 12.8. The standard InChI is InChI=1S/C31H28F4N6O2S/c1-4-21-7-5-6-8-26(21)41-19(2)17-44-30(41)38-29(42)37-20(3)27(32)22-9-11-23(12-10-22)28-36-18-40(39-28)24-13-15-25(16-14-24)43-31(33,34)35/h5-18,20,27H,4H2,1-3H3,(H,37,42)/b38-30-. The molecular weight excluding hydrogens is 596 g/mol. The van der Waals surface area contributed by atoms with E-state index in [1.54, 1.807) is 31.2 Å². The van der Waals surface area contributed by atoms with Gasteiger partial charge in [-0.1, -0.05) is 49.4 Å². The van der Waals surface area contributed by atoms with Crippen LogP contribution < -0.4 is 14.9 Å². The molecule has 0 aliphatic heterocycles. The van der Waals surface area contributed by atoms with Crippen LogP contribution in [0.5, 0.6) is 5.75 Å². The summed E-state index contributed by atoms with van der Waals surface area (Å²) in [6, 6.07) is 18.1. The second-order valence-corrected chi connectivity index (χ2v) is 10.7. The number of hydrogen-bond donors (Lipinski definition) is 1. The largest absolute Gasteiger partial charge is 0.573 e. The van der Waals surface area contributed by atoms with E-state index in [4.69, 9.17) is 0 Å². The van der Waals surface area contributed by atoms with E-state index in [1.807, 2.05) is 41.1 Å². The van der Waals surface area contributed by atoms with Crippen LogP contribution in [0.1, 0.15) is 36.8 Å². The van der Waals surface area contributed by atoms with Crippen LogP contribution in [0.15, 0.2) is 89.5 Å². The van der Waals surface area contributed by atoms with Crippen molar-refractivity contribution >= 4 is 17.4 Å². The predicted molar refractivity (Wildman–Crippen MR) is 159 cm³/mol. The van der Waals surface area contributed by atoms with Crippen molar-refractivity contribution < 1.29 is 27.1 Å². The number of halogens is 4. The highest BCUT2D eigenvalue weighted by Crippen LogP contribution is 2.26. The minimum atomic E-state index is -4.78. The van der Waals surface area contributed by atoms with Gasteiger partial charge in [-0.25, -0.2) is 18.9 Å². The fourth-order valence-corrected chi connectivity index (χ4v) is 5.47. The van der Waals surface area contributed by atoms with Crippen LogP contribution in [0.2, 0.25) is 0 Å². The molecule has 2 unspecified atom stereocenters. The zero-order valence-corrected chi connectivity index (χ0v) is 24.7. The zero-order valence-electron chi connectivity index (χ0n) is 23.9. The number of para-hydroxylation sites is 1. The summed E-state index contributed by atoms with van der Waals surface area (Å²) in [4.78, 5) is 21.8. The quantitative estimate of drug-likeness (QED) is 0.184. The zero-order chi connectivity index (χ0) is 31.4. The number of nitrogens with zero attached hydrogens (tertiary/aromatic N) is 5. The molecule has 2 atom stereocenters. The second-order valence-electron chi connectivity index (χ2n) is 9.91. The Morgan fingerprint density at radius 3 is 2.45 bits per heavy atom. The molecule has 2 heterocycles. The van der Waals surface area contributed by atoms with Crippen LogP contribution in [0, 0.1) is 6.92 Å². The third-order valence-corrected chi connectivity index (χ3v) is 7.74. The SMILES string of the molecule is CCc1ccccc1-n1c(C)cs/c1=N\C(=O)NC(C)C(F)c1ccc(-c2ncn(-c3ccc(OC(F)(F)F)cc3)n2)cc1. The number of alkyl halides is 4. The number of nitrogens with one attached hydrogen (secondary N) is 1. The summed E-state index contributed by atoms with van der Waals surface area (Å²) in [5, 5.41) is 8.92. The van der Waals surface area contributed by atoms with Gasteiger partial charge in [0.15, 0.2) is 10.6 Å². The summed E-state index contributed by atoms with van der Waals surface area (Å²) in [6.45, 7) is 5.57. The highest BCUT2D eigenvalue weighted by atomic mass is 32.1. The van der Waals surface area contributed by atoms with Gasteiger partial charge >= 0.3 is 12.4 Å². The Morgan fingerprint density at radius 2 is 1.77 bits per heavy atom. The molecule has 5 aromatic rings. The highest BCUT2D eigenvalue weighted by Gasteiger charge is 2.31. The summed E-state index contributed by atoms with van der Waals surface area (Å²) in [6.07, 6.45) is -4.05. The lowest BCUT2D eigenvalue weighted by Crippen LogP contribution is -2.35. The Morgan fingerprint density at radius 1 is 1.07 bits per heavy atom. The third-order valence-electron chi connectivity index (χ3n) is 6.79. The minimum Gasteiger partial charge on any atom is -0.406 e. The van der Waals surface area contributed by atoms with Gasteiger partial charge in [-0.05, 0) is 61.7 Å². The number of thiazole rings is 1. The smallest absolute Gasteiger partial charge is 0.406 e. The van der Waals surface area contributed by atoms with Gasteiger partial charge in [0.2, 0.25) is 0 Å². The van der Waals surface area contributed by atoms with Crippen LogP contribution in [0.3, 0.4) is 0 Å². The number of urea groups is 1. The molecule has 5 rings (SSSR count). The molecule has 228 valence electrons. The van der Waals surface area contributed by atoms with E-state index >= 15 is 4.39 Å². The summed E-state index contributed by atoms with van der Waals surface area (Å²) in [7, 11) is 0. The van der Waals surface area contributed by atoms with Gasteiger partial charge in [-0.3, -0.25) is 4.57 Å². The monoisotopic (exact) mass is 624 g/mol. The summed E-state index contributed by atoms with van der Waals surface area (Å²) in [5.74, 6) is -0.00744. The highest BCUT2D eigenvalue weighted by molar-refractivity contribution is 7.07. The molecule has 8 nitrogen and oxygen atoms in total. The van der Waals surface area contributed by atoms with Gasteiger partial charge in [0, 0.05) is 16.6 Å². The Labute approximate surface area is 254 Å². The molecule has 3 aromatic carbocycles. The number of hydrogen-bond acceptors (Lipinski definition) is 5. The number of aromatic nitrogens is 4. The molecule has 0 aliphatic carbocycles. The van der Waals surface area contributed by atoms with Crippen molar-refractivity contribution in [2.75, 3.05) is 0 Å². The van der Waals surface area contributed by atoms with Crippen molar-refractivity contribution in [1.82, 2.24) is 24.6 Å². The third kappa shape index (κ3) is 7.05. The van der Waals surface area contributed by atoms with Gasteiger partial charge < -0.3 is 10.1 Å². The first-order valence-corrected chi connectivity index (χ1v) is 14.5. The Balaban J connectivity index is 1.25. The van der Waals surface area contributed by atoms with E-state index in [1.165, 1.54) is 46.6 Å². The van der Waals surface area contributed by atoms with Crippen molar-refractivity contribution in [1.29, 1.82) is 0 Å². The molecule has 0 spiro atoms. The van der Waals surface area contributed by atoms with Crippen molar-refractivity contribution in [3.8, 4) is 28.5 Å². The molecule has 2 amide bonds. The number of carbonyl (C=O) groups is 1. The molecule has 1 N–H and O–H groups in total. The first-order chi connectivity index (χ1) is 21.0. The lowest BCUT2D eigenvalue weighted by atomic mass is 10.0. The minimum absolute atomic E-state index is 0.340. The van der Waals surface area contributed by atoms with Gasteiger partial charge in [-0.15, -0.1) is 29.6 Å². The molecular formula is C31H28F4N6O2S. The van der Waals surface area contributed by atoms with Gasteiger partial charge in [-0.2, -0.15) is 4.99 Å². The number of carbonyl (C=O) groups excluding carboxylic acids is 1. The average Bonchev–Trinajstić information content (AvgIpc) is 3.63. The molecule has 0 saturated heterocycles. The van der Waals surface area contributed by atoms with Crippen molar-refractivity contribution in [2.45, 2.75) is 45.8 Å². The first-order valence-electron chi connectivity index (χ1n) is 13.7. The number of amides is 2. The van der Waals surface area contributed by atoms with Crippen molar-refractivity contribution in [3.05, 3.63) is 106 Å².